The highest BCUT2D eigenvalue weighted by Gasteiger charge is 2.26. The zero-order valence-corrected chi connectivity index (χ0v) is 10.7. The summed E-state index contributed by atoms with van der Waals surface area (Å²) in [6.45, 7) is 2.15. The average molecular weight is 277 g/mol. The van der Waals surface area contributed by atoms with E-state index in [-0.39, 0.29) is 13.2 Å². The summed E-state index contributed by atoms with van der Waals surface area (Å²) in [4.78, 5) is 0. The Morgan fingerprint density at radius 2 is 1.84 bits per heavy atom. The van der Waals surface area contributed by atoms with E-state index in [4.69, 9.17) is 15.2 Å². The van der Waals surface area contributed by atoms with Gasteiger partial charge in [-0.1, -0.05) is 12.1 Å². The predicted molar refractivity (Wildman–Crippen MR) is 66.0 cm³/mol. The van der Waals surface area contributed by atoms with Crippen LogP contribution in [0.3, 0.4) is 0 Å². The molecule has 0 heterocycles. The zero-order valence-electron chi connectivity index (χ0n) is 10.7. The molecule has 0 aromatic heterocycles. The molecule has 6 heteroatoms. The zero-order chi connectivity index (χ0) is 14.3. The molecule has 1 rings (SSSR count). The molecule has 0 aliphatic rings. The lowest BCUT2D eigenvalue weighted by atomic mass is 10.1. The lowest BCUT2D eigenvalue weighted by Crippen LogP contribution is -2.19. The summed E-state index contributed by atoms with van der Waals surface area (Å²) >= 11 is 0. The topological polar surface area (TPSA) is 44.5 Å². The van der Waals surface area contributed by atoms with Gasteiger partial charge in [-0.3, -0.25) is 0 Å². The minimum absolute atomic E-state index is 0.0596. The van der Waals surface area contributed by atoms with Gasteiger partial charge in [-0.15, -0.1) is 0 Å². The predicted octanol–water partition coefficient (Wildman–Crippen LogP) is 3.05. The van der Waals surface area contributed by atoms with Crippen molar-refractivity contribution in [1.82, 2.24) is 0 Å². The second-order valence-corrected chi connectivity index (χ2v) is 4.05. The number of hydrogen-bond donors (Lipinski definition) is 1. The minimum atomic E-state index is -4.19. The molecular formula is C13H18F3NO2. The van der Waals surface area contributed by atoms with Gasteiger partial charge in [-0.05, 0) is 24.6 Å². The number of nitrogens with two attached hydrogens (primary N) is 1. The molecule has 0 spiro atoms. The third kappa shape index (κ3) is 6.45. The largest absolute Gasteiger partial charge is 0.494 e. The van der Waals surface area contributed by atoms with Crippen molar-refractivity contribution in [2.75, 3.05) is 19.8 Å². The third-order valence-corrected chi connectivity index (χ3v) is 2.45. The second-order valence-electron chi connectivity index (χ2n) is 4.05. The van der Waals surface area contributed by atoms with E-state index in [1.165, 1.54) is 0 Å². The van der Waals surface area contributed by atoms with Gasteiger partial charge in [0.05, 0.1) is 32.3 Å². The first-order chi connectivity index (χ1) is 8.92. The summed E-state index contributed by atoms with van der Waals surface area (Å²) in [5.74, 6) is 0.733. The van der Waals surface area contributed by atoms with Gasteiger partial charge in [0.15, 0.2) is 0 Å². The molecule has 0 amide bonds. The first-order valence-electron chi connectivity index (χ1n) is 6.05. The number of benzene rings is 1. The molecule has 2 N–H and O–H groups in total. The number of ether oxygens (including phenoxy) is 2. The quantitative estimate of drug-likeness (QED) is 0.779. The van der Waals surface area contributed by atoms with Gasteiger partial charge < -0.3 is 15.2 Å². The van der Waals surface area contributed by atoms with Crippen LogP contribution in [0.4, 0.5) is 13.2 Å². The number of halogens is 3. The first-order valence-corrected chi connectivity index (χ1v) is 6.05. The van der Waals surface area contributed by atoms with Crippen LogP contribution in [0.2, 0.25) is 0 Å². The molecule has 0 saturated carbocycles. The molecule has 0 fully saturated rings. The van der Waals surface area contributed by atoms with Gasteiger partial charge in [0.1, 0.15) is 5.75 Å². The van der Waals surface area contributed by atoms with Crippen molar-refractivity contribution in [3.63, 3.8) is 0 Å². The van der Waals surface area contributed by atoms with Crippen molar-refractivity contribution < 1.29 is 22.6 Å². The summed E-state index contributed by atoms with van der Waals surface area (Å²) in [6, 6.07) is 6.66. The van der Waals surface area contributed by atoms with Gasteiger partial charge in [0.2, 0.25) is 0 Å². The Bertz CT molecular complexity index is 365. The van der Waals surface area contributed by atoms with Crippen molar-refractivity contribution in [2.45, 2.75) is 25.6 Å². The van der Waals surface area contributed by atoms with Crippen LogP contribution in [0.15, 0.2) is 24.3 Å². The van der Waals surface area contributed by atoms with Crippen LogP contribution < -0.4 is 10.5 Å². The van der Waals surface area contributed by atoms with Crippen LogP contribution in [0.25, 0.3) is 0 Å². The van der Waals surface area contributed by atoms with E-state index < -0.39 is 18.6 Å². The van der Waals surface area contributed by atoms with Crippen molar-refractivity contribution in [1.29, 1.82) is 0 Å². The SMILES string of the molecule is CCOc1ccc(C(N)COCCC(F)(F)F)cc1. The Morgan fingerprint density at radius 3 is 2.37 bits per heavy atom. The van der Waals surface area contributed by atoms with Crippen molar-refractivity contribution >= 4 is 0 Å². The van der Waals surface area contributed by atoms with Crippen LogP contribution in [0, 0.1) is 0 Å². The number of alkyl halides is 3. The molecule has 1 atom stereocenters. The maximum atomic E-state index is 11.9. The Morgan fingerprint density at radius 1 is 1.21 bits per heavy atom. The Labute approximate surface area is 110 Å². The monoisotopic (exact) mass is 277 g/mol. The average Bonchev–Trinajstić information content (AvgIpc) is 2.34. The molecule has 0 aliphatic carbocycles. The van der Waals surface area contributed by atoms with Gasteiger partial charge in [-0.25, -0.2) is 0 Å². The summed E-state index contributed by atoms with van der Waals surface area (Å²) in [5.41, 5.74) is 6.62. The molecule has 0 saturated heterocycles. The van der Waals surface area contributed by atoms with Crippen molar-refractivity contribution in [3.05, 3.63) is 29.8 Å². The van der Waals surface area contributed by atoms with Crippen LogP contribution >= 0.6 is 0 Å². The van der Waals surface area contributed by atoms with E-state index in [2.05, 4.69) is 0 Å². The summed E-state index contributed by atoms with van der Waals surface area (Å²) < 4.78 is 45.9. The second kappa shape index (κ2) is 7.35. The van der Waals surface area contributed by atoms with Crippen molar-refractivity contribution in [3.8, 4) is 5.75 Å². The van der Waals surface area contributed by atoms with E-state index in [1.807, 2.05) is 6.92 Å². The highest BCUT2D eigenvalue weighted by molar-refractivity contribution is 5.29. The molecule has 0 bridgehead atoms. The van der Waals surface area contributed by atoms with E-state index >= 15 is 0 Å². The molecule has 3 nitrogen and oxygen atoms in total. The van der Waals surface area contributed by atoms with E-state index in [9.17, 15) is 13.2 Å². The van der Waals surface area contributed by atoms with Crippen LogP contribution in [-0.4, -0.2) is 26.0 Å². The standard InChI is InChI=1S/C13H18F3NO2/c1-2-19-11-5-3-10(4-6-11)12(17)9-18-8-7-13(14,15)16/h3-6,12H,2,7-9,17H2,1H3. The smallest absolute Gasteiger partial charge is 0.391 e. The highest BCUT2D eigenvalue weighted by atomic mass is 19.4. The fourth-order valence-corrected chi connectivity index (χ4v) is 1.47. The fourth-order valence-electron chi connectivity index (χ4n) is 1.47. The van der Waals surface area contributed by atoms with Crippen LogP contribution in [0.5, 0.6) is 5.75 Å². The van der Waals surface area contributed by atoms with Gasteiger partial charge >= 0.3 is 6.18 Å². The molecule has 19 heavy (non-hydrogen) atoms. The van der Waals surface area contributed by atoms with E-state index in [0.29, 0.717) is 6.61 Å². The Hall–Kier alpha value is -1.27. The lowest BCUT2D eigenvalue weighted by molar-refractivity contribution is -0.145. The van der Waals surface area contributed by atoms with Gasteiger partial charge in [0.25, 0.3) is 0 Å². The maximum absolute atomic E-state index is 11.9. The van der Waals surface area contributed by atoms with Gasteiger partial charge in [-0.2, -0.15) is 13.2 Å². The number of hydrogen-bond acceptors (Lipinski definition) is 3. The molecular weight excluding hydrogens is 259 g/mol. The third-order valence-electron chi connectivity index (χ3n) is 2.45. The maximum Gasteiger partial charge on any atom is 0.391 e. The summed E-state index contributed by atoms with van der Waals surface area (Å²) in [5, 5.41) is 0. The normalized spacial score (nSPS) is 13.3. The summed E-state index contributed by atoms with van der Waals surface area (Å²) in [6.07, 6.45) is -5.15. The molecule has 0 aliphatic heterocycles. The molecule has 0 radical (unpaired) electrons. The van der Waals surface area contributed by atoms with Crippen LogP contribution in [-0.2, 0) is 4.74 Å². The van der Waals surface area contributed by atoms with Crippen molar-refractivity contribution in [2.24, 2.45) is 5.73 Å². The molecule has 1 aromatic rings. The van der Waals surface area contributed by atoms with E-state index in [0.717, 1.165) is 11.3 Å². The first kappa shape index (κ1) is 15.8. The van der Waals surface area contributed by atoms with E-state index in [1.54, 1.807) is 24.3 Å². The molecule has 1 unspecified atom stereocenters. The highest BCUT2D eigenvalue weighted by Crippen LogP contribution is 2.20. The fraction of sp³-hybridized carbons (Fsp3) is 0.538. The van der Waals surface area contributed by atoms with Crippen LogP contribution in [0.1, 0.15) is 24.9 Å². The molecule has 1 aromatic carbocycles. The molecule has 108 valence electrons. The Balaban J connectivity index is 2.34. The van der Waals surface area contributed by atoms with Gasteiger partial charge in [0, 0.05) is 0 Å². The number of rotatable bonds is 7. The lowest BCUT2D eigenvalue weighted by Gasteiger charge is -2.14. The minimum Gasteiger partial charge on any atom is -0.494 e. The Kier molecular flexibility index (Phi) is 6.11. The summed E-state index contributed by atoms with van der Waals surface area (Å²) in [7, 11) is 0.